The van der Waals surface area contributed by atoms with Crippen molar-refractivity contribution in [3.8, 4) is 0 Å². The van der Waals surface area contributed by atoms with Crippen LogP contribution in [0.25, 0.3) is 0 Å². The summed E-state index contributed by atoms with van der Waals surface area (Å²) < 4.78 is 9.46. The molecular formula is C10H19NO4. The van der Waals surface area contributed by atoms with Gasteiger partial charge in [-0.15, -0.1) is 0 Å². The van der Waals surface area contributed by atoms with Crippen LogP contribution in [-0.4, -0.2) is 24.3 Å². The lowest BCUT2D eigenvalue weighted by atomic mass is 10.1. The van der Waals surface area contributed by atoms with Crippen LogP contribution in [0.15, 0.2) is 0 Å². The van der Waals surface area contributed by atoms with Crippen molar-refractivity contribution in [1.29, 1.82) is 0 Å². The standard InChI is InChI=1S/C10H19NO4/c1-6(2)5-9(11)10(13)15-8(4)14-7(3)12/h6,8-9H,5,11H2,1-4H3. The fourth-order valence-corrected chi connectivity index (χ4v) is 1.11. The second-order valence-corrected chi connectivity index (χ2v) is 3.85. The van der Waals surface area contributed by atoms with Gasteiger partial charge >= 0.3 is 11.9 Å². The van der Waals surface area contributed by atoms with Gasteiger partial charge in [0.1, 0.15) is 6.04 Å². The van der Waals surface area contributed by atoms with E-state index in [1.807, 2.05) is 13.8 Å². The minimum Gasteiger partial charge on any atom is -0.426 e. The fraction of sp³-hybridized carbons (Fsp3) is 0.800. The van der Waals surface area contributed by atoms with Crippen molar-refractivity contribution in [1.82, 2.24) is 0 Å². The smallest absolute Gasteiger partial charge is 0.325 e. The van der Waals surface area contributed by atoms with Crippen molar-refractivity contribution in [2.75, 3.05) is 0 Å². The van der Waals surface area contributed by atoms with Crippen LogP contribution in [-0.2, 0) is 19.1 Å². The van der Waals surface area contributed by atoms with Gasteiger partial charge in [-0.25, -0.2) is 0 Å². The molecule has 0 saturated carbocycles. The number of carbonyl (C=O) groups is 2. The molecular weight excluding hydrogens is 198 g/mol. The SMILES string of the molecule is CC(=O)OC(C)OC(=O)C(N)CC(C)C. The summed E-state index contributed by atoms with van der Waals surface area (Å²) in [5.41, 5.74) is 5.58. The minimum atomic E-state index is -0.881. The lowest BCUT2D eigenvalue weighted by Gasteiger charge is -2.17. The highest BCUT2D eigenvalue weighted by atomic mass is 16.7. The van der Waals surface area contributed by atoms with Crippen LogP contribution in [0.1, 0.15) is 34.1 Å². The molecule has 88 valence electrons. The summed E-state index contributed by atoms with van der Waals surface area (Å²) in [6, 6.07) is -0.664. The number of hydrogen-bond donors (Lipinski definition) is 1. The van der Waals surface area contributed by atoms with Gasteiger partial charge in [0.25, 0.3) is 0 Å². The van der Waals surface area contributed by atoms with Crippen molar-refractivity contribution < 1.29 is 19.1 Å². The Labute approximate surface area is 89.9 Å². The number of esters is 2. The Bertz CT molecular complexity index is 227. The largest absolute Gasteiger partial charge is 0.426 e. The van der Waals surface area contributed by atoms with Crippen molar-refractivity contribution >= 4 is 11.9 Å². The molecule has 0 aliphatic heterocycles. The third kappa shape index (κ3) is 6.90. The molecule has 0 amide bonds. The number of rotatable bonds is 5. The Morgan fingerprint density at radius 3 is 2.13 bits per heavy atom. The second kappa shape index (κ2) is 6.40. The molecule has 0 rings (SSSR count). The summed E-state index contributed by atoms with van der Waals surface area (Å²) in [4.78, 5) is 21.9. The van der Waals surface area contributed by atoms with Gasteiger partial charge in [-0.2, -0.15) is 0 Å². The Morgan fingerprint density at radius 2 is 1.73 bits per heavy atom. The van der Waals surface area contributed by atoms with Crippen molar-refractivity contribution in [2.45, 2.75) is 46.4 Å². The zero-order valence-electron chi connectivity index (χ0n) is 9.65. The molecule has 2 N–H and O–H groups in total. The zero-order chi connectivity index (χ0) is 12.0. The molecule has 0 heterocycles. The Hall–Kier alpha value is -1.10. The monoisotopic (exact) mass is 217 g/mol. The van der Waals surface area contributed by atoms with Gasteiger partial charge in [-0.1, -0.05) is 13.8 Å². The molecule has 0 bridgehead atoms. The third-order valence-corrected chi connectivity index (χ3v) is 1.64. The Balaban J connectivity index is 3.95. The molecule has 0 aromatic carbocycles. The van der Waals surface area contributed by atoms with E-state index < -0.39 is 24.3 Å². The van der Waals surface area contributed by atoms with Gasteiger partial charge in [-0.05, 0) is 12.3 Å². The van der Waals surface area contributed by atoms with Crippen LogP contribution in [0.5, 0.6) is 0 Å². The summed E-state index contributed by atoms with van der Waals surface area (Å²) in [5, 5.41) is 0. The van der Waals surface area contributed by atoms with E-state index in [2.05, 4.69) is 4.74 Å². The maximum atomic E-state index is 11.3. The predicted molar refractivity (Wildman–Crippen MR) is 54.8 cm³/mol. The van der Waals surface area contributed by atoms with Crippen molar-refractivity contribution in [3.05, 3.63) is 0 Å². The lowest BCUT2D eigenvalue weighted by molar-refractivity contribution is -0.184. The topological polar surface area (TPSA) is 78.6 Å². The molecule has 0 aromatic rings. The van der Waals surface area contributed by atoms with Crippen LogP contribution in [0.2, 0.25) is 0 Å². The van der Waals surface area contributed by atoms with Gasteiger partial charge in [0.15, 0.2) is 0 Å². The molecule has 0 aromatic heterocycles. The van der Waals surface area contributed by atoms with Crippen LogP contribution in [0, 0.1) is 5.92 Å². The van der Waals surface area contributed by atoms with Crippen molar-refractivity contribution in [2.24, 2.45) is 11.7 Å². The molecule has 2 atom stereocenters. The number of nitrogens with two attached hydrogens (primary N) is 1. The first-order valence-corrected chi connectivity index (χ1v) is 4.96. The molecule has 0 saturated heterocycles. The summed E-state index contributed by atoms with van der Waals surface area (Å²) >= 11 is 0. The highest BCUT2D eigenvalue weighted by Crippen LogP contribution is 2.05. The van der Waals surface area contributed by atoms with E-state index in [0.717, 1.165) is 0 Å². The highest BCUT2D eigenvalue weighted by molar-refractivity contribution is 5.75. The zero-order valence-corrected chi connectivity index (χ0v) is 9.65. The first kappa shape index (κ1) is 13.9. The van der Waals surface area contributed by atoms with Crippen LogP contribution in [0.3, 0.4) is 0 Å². The number of ether oxygens (including phenoxy) is 2. The van der Waals surface area contributed by atoms with E-state index in [0.29, 0.717) is 12.3 Å². The average Bonchev–Trinajstić information content (AvgIpc) is 2.00. The van der Waals surface area contributed by atoms with Gasteiger partial charge in [-0.3, -0.25) is 9.59 Å². The molecule has 5 nitrogen and oxygen atoms in total. The highest BCUT2D eigenvalue weighted by Gasteiger charge is 2.19. The average molecular weight is 217 g/mol. The molecule has 0 fully saturated rings. The molecule has 0 aliphatic carbocycles. The first-order valence-electron chi connectivity index (χ1n) is 4.96. The molecule has 5 heteroatoms. The Kier molecular flexibility index (Phi) is 5.93. The summed E-state index contributed by atoms with van der Waals surface area (Å²) in [7, 11) is 0. The molecule has 0 spiro atoms. The maximum Gasteiger partial charge on any atom is 0.325 e. The van der Waals surface area contributed by atoms with Crippen LogP contribution >= 0.6 is 0 Å². The normalized spacial score (nSPS) is 14.5. The van der Waals surface area contributed by atoms with E-state index in [1.165, 1.54) is 13.8 Å². The third-order valence-electron chi connectivity index (χ3n) is 1.64. The van der Waals surface area contributed by atoms with Gasteiger partial charge in [0.05, 0.1) is 0 Å². The molecule has 2 unspecified atom stereocenters. The summed E-state index contributed by atoms with van der Waals surface area (Å²) in [6.07, 6.45) is -0.334. The van der Waals surface area contributed by atoms with Gasteiger partial charge in [0, 0.05) is 13.8 Å². The number of hydrogen-bond acceptors (Lipinski definition) is 5. The van der Waals surface area contributed by atoms with Crippen LogP contribution < -0.4 is 5.73 Å². The summed E-state index contributed by atoms with van der Waals surface area (Å²) in [5.74, 6) is -0.721. The van der Waals surface area contributed by atoms with E-state index in [1.54, 1.807) is 0 Å². The molecule has 0 radical (unpaired) electrons. The van der Waals surface area contributed by atoms with Crippen molar-refractivity contribution in [3.63, 3.8) is 0 Å². The second-order valence-electron chi connectivity index (χ2n) is 3.85. The Morgan fingerprint density at radius 1 is 1.20 bits per heavy atom. The van der Waals surface area contributed by atoms with Crippen LogP contribution in [0.4, 0.5) is 0 Å². The van der Waals surface area contributed by atoms with E-state index in [-0.39, 0.29) is 0 Å². The lowest BCUT2D eigenvalue weighted by Crippen LogP contribution is -2.36. The van der Waals surface area contributed by atoms with E-state index in [4.69, 9.17) is 10.5 Å². The number of carbonyl (C=O) groups excluding carboxylic acids is 2. The van der Waals surface area contributed by atoms with E-state index in [9.17, 15) is 9.59 Å². The quantitative estimate of drug-likeness (QED) is 0.544. The summed E-state index contributed by atoms with van der Waals surface area (Å²) in [6.45, 7) is 6.64. The first-order chi connectivity index (χ1) is 6.82. The van der Waals surface area contributed by atoms with E-state index >= 15 is 0 Å². The molecule has 0 aliphatic rings. The minimum absolute atomic E-state index is 0.316. The predicted octanol–water partition coefficient (Wildman–Crippen LogP) is 0.812. The maximum absolute atomic E-state index is 11.3. The van der Waals surface area contributed by atoms with Gasteiger partial charge in [0.2, 0.25) is 6.29 Å². The fourth-order valence-electron chi connectivity index (χ4n) is 1.11. The van der Waals surface area contributed by atoms with Gasteiger partial charge < -0.3 is 15.2 Å². The molecule has 15 heavy (non-hydrogen) atoms.